The third-order valence-corrected chi connectivity index (χ3v) is 6.22. The number of nitrogens with zero attached hydrogens (tertiary/aromatic N) is 1. The minimum absolute atomic E-state index is 0.226. The van der Waals surface area contributed by atoms with Gasteiger partial charge in [-0.1, -0.05) is 48.5 Å². The van der Waals surface area contributed by atoms with Crippen LogP contribution in [-0.4, -0.2) is 22.7 Å². The second kappa shape index (κ2) is 7.41. The predicted octanol–water partition coefficient (Wildman–Crippen LogP) is 5.40. The van der Waals surface area contributed by atoms with Crippen LogP contribution in [0.25, 0.3) is 16.8 Å². The van der Waals surface area contributed by atoms with Crippen molar-refractivity contribution < 1.29 is 14.3 Å². The summed E-state index contributed by atoms with van der Waals surface area (Å²) in [4.78, 5) is 27.3. The summed E-state index contributed by atoms with van der Waals surface area (Å²) in [7, 11) is 0. The van der Waals surface area contributed by atoms with E-state index in [1.807, 2.05) is 66.7 Å². The molecule has 3 aromatic rings. The van der Waals surface area contributed by atoms with E-state index in [0.717, 1.165) is 64.4 Å². The number of ether oxygens (including phenoxy) is 1. The van der Waals surface area contributed by atoms with Crippen molar-refractivity contribution in [2.24, 2.45) is 0 Å². The Balaban J connectivity index is 1.42. The SMILES string of the molecule is O=C1SC(=Cc2ccc3c(c2)CCCO3)C(=O)N1Cc1cccc2ccccc12. The summed E-state index contributed by atoms with van der Waals surface area (Å²) in [6.07, 6.45) is 3.78. The minimum atomic E-state index is -0.234. The van der Waals surface area contributed by atoms with E-state index in [1.165, 1.54) is 4.90 Å². The number of carbonyl (C=O) groups excluding carboxylic acids is 2. The van der Waals surface area contributed by atoms with Crippen LogP contribution in [-0.2, 0) is 17.8 Å². The van der Waals surface area contributed by atoms with Crippen LogP contribution in [0.4, 0.5) is 4.79 Å². The van der Waals surface area contributed by atoms with Gasteiger partial charge >= 0.3 is 0 Å². The van der Waals surface area contributed by atoms with Crippen LogP contribution in [0.2, 0.25) is 0 Å². The molecular weight excluding hydrogens is 382 g/mol. The average Bonchev–Trinajstić information content (AvgIpc) is 3.01. The van der Waals surface area contributed by atoms with Gasteiger partial charge in [-0.2, -0.15) is 0 Å². The Morgan fingerprint density at radius 3 is 2.83 bits per heavy atom. The summed E-state index contributed by atoms with van der Waals surface area (Å²) in [6, 6.07) is 19.9. The molecule has 0 bridgehead atoms. The van der Waals surface area contributed by atoms with Gasteiger partial charge in [0.15, 0.2) is 0 Å². The normalized spacial score (nSPS) is 17.7. The zero-order valence-electron chi connectivity index (χ0n) is 15.8. The number of imide groups is 1. The molecule has 3 aromatic carbocycles. The fraction of sp³-hybridized carbons (Fsp3) is 0.167. The summed E-state index contributed by atoms with van der Waals surface area (Å²) >= 11 is 1.01. The van der Waals surface area contributed by atoms with E-state index in [0.29, 0.717) is 4.91 Å². The average molecular weight is 401 g/mol. The first-order chi connectivity index (χ1) is 14.2. The summed E-state index contributed by atoms with van der Waals surface area (Å²) in [6.45, 7) is 1.03. The lowest BCUT2D eigenvalue weighted by Crippen LogP contribution is -2.27. The number of amides is 2. The van der Waals surface area contributed by atoms with Crippen molar-refractivity contribution in [3.05, 3.63) is 82.3 Å². The van der Waals surface area contributed by atoms with Crippen LogP contribution in [0.1, 0.15) is 23.1 Å². The molecule has 0 saturated carbocycles. The molecule has 5 heteroatoms. The number of rotatable bonds is 3. The lowest BCUT2D eigenvalue weighted by atomic mass is 10.0. The highest BCUT2D eigenvalue weighted by molar-refractivity contribution is 8.18. The standard InChI is InChI=1S/C24H19NO3S/c26-23-22(14-16-10-11-21-18(13-16)8-4-12-28-21)29-24(27)25(23)15-19-7-3-6-17-5-1-2-9-20(17)19/h1-3,5-7,9-11,13-14H,4,8,12,15H2. The molecular formula is C24H19NO3S. The molecule has 1 saturated heterocycles. The van der Waals surface area contributed by atoms with E-state index >= 15 is 0 Å². The van der Waals surface area contributed by atoms with Crippen molar-refractivity contribution in [2.45, 2.75) is 19.4 Å². The monoisotopic (exact) mass is 401 g/mol. The molecule has 29 heavy (non-hydrogen) atoms. The first kappa shape index (κ1) is 18.0. The van der Waals surface area contributed by atoms with Crippen molar-refractivity contribution in [2.75, 3.05) is 6.61 Å². The van der Waals surface area contributed by atoms with Gasteiger partial charge in [-0.05, 0) is 70.3 Å². The maximum Gasteiger partial charge on any atom is 0.293 e. The Kier molecular flexibility index (Phi) is 4.60. The Morgan fingerprint density at radius 2 is 1.90 bits per heavy atom. The highest BCUT2D eigenvalue weighted by Crippen LogP contribution is 2.35. The third-order valence-electron chi connectivity index (χ3n) is 5.31. The van der Waals surface area contributed by atoms with Gasteiger partial charge in [-0.3, -0.25) is 14.5 Å². The molecule has 1 fully saturated rings. The van der Waals surface area contributed by atoms with Crippen molar-refractivity contribution >= 4 is 39.8 Å². The van der Waals surface area contributed by atoms with Crippen LogP contribution in [0.5, 0.6) is 5.75 Å². The van der Waals surface area contributed by atoms with Crippen molar-refractivity contribution in [1.29, 1.82) is 0 Å². The zero-order chi connectivity index (χ0) is 19.8. The van der Waals surface area contributed by atoms with Crippen LogP contribution in [0, 0.1) is 0 Å². The van der Waals surface area contributed by atoms with Gasteiger partial charge in [-0.25, -0.2) is 0 Å². The fourth-order valence-corrected chi connectivity index (χ4v) is 4.70. The van der Waals surface area contributed by atoms with Crippen molar-refractivity contribution in [1.82, 2.24) is 4.90 Å². The number of aryl methyl sites for hydroxylation is 1. The predicted molar refractivity (Wildman–Crippen MR) is 116 cm³/mol. The Labute approximate surface area is 173 Å². The van der Waals surface area contributed by atoms with E-state index in [4.69, 9.17) is 4.74 Å². The second-order valence-electron chi connectivity index (χ2n) is 7.23. The Morgan fingerprint density at radius 1 is 1.03 bits per heavy atom. The summed E-state index contributed by atoms with van der Waals surface area (Å²) in [5, 5.41) is 1.94. The van der Waals surface area contributed by atoms with Gasteiger partial charge in [0.1, 0.15) is 5.75 Å². The highest BCUT2D eigenvalue weighted by Gasteiger charge is 2.35. The van der Waals surface area contributed by atoms with Crippen molar-refractivity contribution in [3.63, 3.8) is 0 Å². The van der Waals surface area contributed by atoms with E-state index in [-0.39, 0.29) is 17.7 Å². The molecule has 0 aliphatic carbocycles. The largest absolute Gasteiger partial charge is 0.493 e. The number of carbonyl (C=O) groups is 2. The quantitative estimate of drug-likeness (QED) is 0.551. The summed E-state index contributed by atoms with van der Waals surface area (Å²) in [5.41, 5.74) is 3.04. The summed E-state index contributed by atoms with van der Waals surface area (Å²) in [5.74, 6) is 0.680. The maximum absolute atomic E-state index is 12.9. The molecule has 2 aliphatic rings. The first-order valence-electron chi connectivity index (χ1n) is 9.67. The fourth-order valence-electron chi connectivity index (χ4n) is 3.86. The highest BCUT2D eigenvalue weighted by atomic mass is 32.2. The second-order valence-corrected chi connectivity index (χ2v) is 8.22. The smallest absolute Gasteiger partial charge is 0.293 e. The topological polar surface area (TPSA) is 46.6 Å². The minimum Gasteiger partial charge on any atom is -0.493 e. The molecule has 5 rings (SSSR count). The molecule has 4 nitrogen and oxygen atoms in total. The molecule has 2 heterocycles. The molecule has 0 aromatic heterocycles. The van der Waals surface area contributed by atoms with Gasteiger partial charge in [0.05, 0.1) is 18.1 Å². The Bertz CT molecular complexity index is 1160. The number of benzene rings is 3. The van der Waals surface area contributed by atoms with E-state index in [2.05, 4.69) is 0 Å². The molecule has 144 valence electrons. The molecule has 0 N–H and O–H groups in total. The van der Waals surface area contributed by atoms with Crippen LogP contribution in [0.15, 0.2) is 65.6 Å². The Hall–Kier alpha value is -3.05. The lowest BCUT2D eigenvalue weighted by Gasteiger charge is -2.17. The number of hydrogen-bond acceptors (Lipinski definition) is 4. The molecule has 2 aliphatic heterocycles. The van der Waals surface area contributed by atoms with Crippen LogP contribution in [0.3, 0.4) is 0 Å². The molecule has 0 unspecified atom stereocenters. The molecule has 0 atom stereocenters. The number of fused-ring (bicyclic) bond motifs is 2. The zero-order valence-corrected chi connectivity index (χ0v) is 16.6. The first-order valence-corrected chi connectivity index (χ1v) is 10.5. The molecule has 2 amide bonds. The van der Waals surface area contributed by atoms with E-state index < -0.39 is 0 Å². The molecule has 0 spiro atoms. The van der Waals surface area contributed by atoms with Gasteiger partial charge < -0.3 is 4.74 Å². The number of hydrogen-bond donors (Lipinski definition) is 0. The maximum atomic E-state index is 12.9. The van der Waals surface area contributed by atoms with Crippen LogP contribution < -0.4 is 4.74 Å². The van der Waals surface area contributed by atoms with E-state index in [1.54, 1.807) is 0 Å². The summed E-state index contributed by atoms with van der Waals surface area (Å²) < 4.78 is 5.65. The van der Waals surface area contributed by atoms with Gasteiger partial charge in [0, 0.05) is 0 Å². The third kappa shape index (κ3) is 3.42. The molecule has 0 radical (unpaired) electrons. The van der Waals surface area contributed by atoms with E-state index in [9.17, 15) is 9.59 Å². The van der Waals surface area contributed by atoms with Crippen molar-refractivity contribution in [3.8, 4) is 5.75 Å². The lowest BCUT2D eigenvalue weighted by molar-refractivity contribution is -0.123. The number of thioether (sulfide) groups is 1. The van der Waals surface area contributed by atoms with Gasteiger partial charge in [0.2, 0.25) is 0 Å². The van der Waals surface area contributed by atoms with Gasteiger partial charge in [0.25, 0.3) is 11.1 Å². The van der Waals surface area contributed by atoms with Crippen LogP contribution >= 0.6 is 11.8 Å². The van der Waals surface area contributed by atoms with Gasteiger partial charge in [-0.15, -0.1) is 0 Å².